The number of aliphatic hydroxyl groups excluding tert-OH is 1. The summed E-state index contributed by atoms with van der Waals surface area (Å²) in [5.41, 5.74) is 0.0995. The molecule has 0 saturated heterocycles. The van der Waals surface area contributed by atoms with Gasteiger partial charge in [0.25, 0.3) is 5.69 Å². The summed E-state index contributed by atoms with van der Waals surface area (Å²) in [5.74, 6) is -0.524. The van der Waals surface area contributed by atoms with Gasteiger partial charge in [0.05, 0.1) is 11.0 Å². The molecule has 1 N–H and O–H groups in total. The molecule has 1 aromatic carbocycles. The lowest BCUT2D eigenvalue weighted by Crippen LogP contribution is -2.11. The third-order valence-electron chi connectivity index (χ3n) is 2.32. The lowest BCUT2D eigenvalue weighted by atomic mass is 10.0. The monoisotopic (exact) mass is 227 g/mol. The molecule has 1 rings (SSSR count). The Kier molecular flexibility index (Phi) is 4.37. The number of nitro benzene ring substituents is 1. The predicted octanol–water partition coefficient (Wildman–Crippen LogP) is 2.44. The van der Waals surface area contributed by atoms with Crippen molar-refractivity contribution in [1.82, 2.24) is 0 Å². The molecule has 0 aliphatic carbocycles. The highest BCUT2D eigenvalue weighted by Crippen LogP contribution is 2.21. The summed E-state index contributed by atoms with van der Waals surface area (Å²) in [6.07, 6.45) is 0.783. The summed E-state index contributed by atoms with van der Waals surface area (Å²) in [5, 5.41) is 20.2. The summed E-state index contributed by atoms with van der Waals surface area (Å²) in [7, 11) is 0. The third-order valence-corrected chi connectivity index (χ3v) is 2.32. The van der Waals surface area contributed by atoms with Crippen molar-refractivity contribution < 1.29 is 14.4 Å². The van der Waals surface area contributed by atoms with Crippen LogP contribution >= 0.6 is 0 Å². The first kappa shape index (κ1) is 12.6. The largest absolute Gasteiger partial charge is 0.393 e. The number of rotatable bonds is 5. The normalized spacial score (nSPS) is 12.4. The molecule has 0 aromatic heterocycles. The van der Waals surface area contributed by atoms with Crippen LogP contribution in [0.2, 0.25) is 0 Å². The Balaban J connectivity index is 2.92. The smallest absolute Gasteiger partial charge is 0.272 e. The summed E-state index contributed by atoms with van der Waals surface area (Å²) in [6, 6.07) is 3.29. The molecule has 0 bridgehead atoms. The zero-order chi connectivity index (χ0) is 12.1. The average Bonchev–Trinajstić information content (AvgIpc) is 2.17. The van der Waals surface area contributed by atoms with Crippen molar-refractivity contribution in [3.8, 4) is 0 Å². The molecular weight excluding hydrogens is 213 g/mol. The second kappa shape index (κ2) is 5.55. The average molecular weight is 227 g/mol. The van der Waals surface area contributed by atoms with Crippen LogP contribution in [0, 0.1) is 15.9 Å². The second-order valence-corrected chi connectivity index (χ2v) is 3.68. The molecule has 0 fully saturated rings. The summed E-state index contributed by atoms with van der Waals surface area (Å²) in [4.78, 5) is 10.1. The number of benzene rings is 1. The summed E-state index contributed by atoms with van der Waals surface area (Å²) >= 11 is 0. The van der Waals surface area contributed by atoms with E-state index >= 15 is 0 Å². The summed E-state index contributed by atoms with van der Waals surface area (Å²) in [6.45, 7) is 1.91. The van der Waals surface area contributed by atoms with Crippen LogP contribution in [0.25, 0.3) is 0 Å². The Morgan fingerprint density at radius 1 is 1.56 bits per heavy atom. The third kappa shape index (κ3) is 3.27. The van der Waals surface area contributed by atoms with Crippen LogP contribution in [0.4, 0.5) is 10.1 Å². The lowest BCUT2D eigenvalue weighted by molar-refractivity contribution is -0.385. The van der Waals surface area contributed by atoms with E-state index in [0.717, 1.165) is 24.6 Å². The van der Waals surface area contributed by atoms with Crippen molar-refractivity contribution in [3.63, 3.8) is 0 Å². The van der Waals surface area contributed by atoms with Crippen LogP contribution in [0.3, 0.4) is 0 Å². The standard InChI is InChI=1S/C11H14FNO3/c1-2-3-10(14)7-8-6-9(12)4-5-11(8)13(15)16/h4-6,10,14H,2-3,7H2,1H3. The maximum absolute atomic E-state index is 12.9. The van der Waals surface area contributed by atoms with Crippen LogP contribution in [0.1, 0.15) is 25.3 Å². The van der Waals surface area contributed by atoms with Crippen LogP contribution in [0.5, 0.6) is 0 Å². The molecule has 5 heteroatoms. The fourth-order valence-electron chi connectivity index (χ4n) is 1.58. The molecule has 0 spiro atoms. The lowest BCUT2D eigenvalue weighted by Gasteiger charge is -2.09. The van der Waals surface area contributed by atoms with Crippen LogP contribution < -0.4 is 0 Å². The van der Waals surface area contributed by atoms with Gasteiger partial charge in [-0.05, 0) is 18.6 Å². The number of aliphatic hydroxyl groups is 1. The molecule has 1 atom stereocenters. The molecular formula is C11H14FNO3. The molecule has 1 unspecified atom stereocenters. The van der Waals surface area contributed by atoms with E-state index in [1.807, 2.05) is 6.92 Å². The van der Waals surface area contributed by atoms with E-state index in [1.165, 1.54) is 0 Å². The Morgan fingerprint density at radius 2 is 2.25 bits per heavy atom. The molecule has 16 heavy (non-hydrogen) atoms. The highest BCUT2D eigenvalue weighted by molar-refractivity contribution is 5.40. The number of nitrogens with zero attached hydrogens (tertiary/aromatic N) is 1. The molecule has 0 amide bonds. The van der Waals surface area contributed by atoms with Gasteiger partial charge in [-0.2, -0.15) is 0 Å². The predicted molar refractivity (Wildman–Crippen MR) is 57.7 cm³/mol. The minimum absolute atomic E-state index is 0.113. The van der Waals surface area contributed by atoms with Gasteiger partial charge in [-0.1, -0.05) is 13.3 Å². The molecule has 1 aromatic rings. The zero-order valence-electron chi connectivity index (χ0n) is 9.02. The van der Waals surface area contributed by atoms with Gasteiger partial charge in [-0.3, -0.25) is 10.1 Å². The molecule has 4 nitrogen and oxygen atoms in total. The van der Waals surface area contributed by atoms with E-state index < -0.39 is 16.8 Å². The highest BCUT2D eigenvalue weighted by atomic mass is 19.1. The molecule has 88 valence electrons. The quantitative estimate of drug-likeness (QED) is 0.620. The van der Waals surface area contributed by atoms with Gasteiger partial charge in [-0.15, -0.1) is 0 Å². The molecule has 0 saturated carbocycles. The highest BCUT2D eigenvalue weighted by Gasteiger charge is 2.17. The van der Waals surface area contributed by atoms with Gasteiger partial charge < -0.3 is 5.11 Å². The van der Waals surface area contributed by atoms with E-state index in [9.17, 15) is 19.6 Å². The number of nitro groups is 1. The first-order valence-electron chi connectivity index (χ1n) is 5.15. The van der Waals surface area contributed by atoms with Crippen molar-refractivity contribution >= 4 is 5.69 Å². The molecule has 0 heterocycles. The van der Waals surface area contributed by atoms with Crippen molar-refractivity contribution in [1.29, 1.82) is 0 Å². The Labute approximate surface area is 92.9 Å². The van der Waals surface area contributed by atoms with Crippen molar-refractivity contribution in [3.05, 3.63) is 39.7 Å². The van der Waals surface area contributed by atoms with Crippen LogP contribution in [0.15, 0.2) is 18.2 Å². The van der Waals surface area contributed by atoms with E-state index in [0.29, 0.717) is 6.42 Å². The van der Waals surface area contributed by atoms with Crippen molar-refractivity contribution in [2.45, 2.75) is 32.3 Å². The van der Waals surface area contributed by atoms with Crippen LogP contribution in [-0.4, -0.2) is 16.1 Å². The second-order valence-electron chi connectivity index (χ2n) is 3.68. The van der Waals surface area contributed by atoms with E-state index in [-0.39, 0.29) is 17.7 Å². The maximum Gasteiger partial charge on any atom is 0.272 e. The van der Waals surface area contributed by atoms with Crippen molar-refractivity contribution in [2.75, 3.05) is 0 Å². The number of hydrogen-bond acceptors (Lipinski definition) is 3. The topological polar surface area (TPSA) is 63.4 Å². The van der Waals surface area contributed by atoms with Gasteiger partial charge in [0.2, 0.25) is 0 Å². The fraction of sp³-hybridized carbons (Fsp3) is 0.455. The van der Waals surface area contributed by atoms with Crippen LogP contribution in [-0.2, 0) is 6.42 Å². The Hall–Kier alpha value is -1.49. The zero-order valence-corrected chi connectivity index (χ0v) is 9.02. The number of hydrogen-bond donors (Lipinski definition) is 1. The van der Waals surface area contributed by atoms with Gasteiger partial charge in [0, 0.05) is 18.1 Å². The van der Waals surface area contributed by atoms with Gasteiger partial charge >= 0.3 is 0 Å². The van der Waals surface area contributed by atoms with Gasteiger partial charge in [0.15, 0.2) is 0 Å². The maximum atomic E-state index is 12.9. The first-order chi connectivity index (χ1) is 7.54. The Bertz CT molecular complexity index is 381. The fourth-order valence-corrected chi connectivity index (χ4v) is 1.58. The first-order valence-corrected chi connectivity index (χ1v) is 5.15. The molecule has 0 aliphatic heterocycles. The van der Waals surface area contributed by atoms with Gasteiger partial charge in [-0.25, -0.2) is 4.39 Å². The molecule has 0 radical (unpaired) electrons. The summed E-state index contributed by atoms with van der Waals surface area (Å²) < 4.78 is 12.9. The van der Waals surface area contributed by atoms with E-state index in [2.05, 4.69) is 0 Å². The van der Waals surface area contributed by atoms with Crippen molar-refractivity contribution in [2.24, 2.45) is 0 Å². The number of halogens is 1. The van der Waals surface area contributed by atoms with Gasteiger partial charge in [0.1, 0.15) is 5.82 Å². The minimum Gasteiger partial charge on any atom is -0.393 e. The SMILES string of the molecule is CCCC(O)Cc1cc(F)ccc1[N+](=O)[O-]. The Morgan fingerprint density at radius 3 is 2.81 bits per heavy atom. The van der Waals surface area contributed by atoms with E-state index in [1.54, 1.807) is 0 Å². The minimum atomic E-state index is -0.662. The molecule has 0 aliphatic rings. The van der Waals surface area contributed by atoms with E-state index in [4.69, 9.17) is 0 Å².